The normalized spacial score (nSPS) is 15.1. The zero-order valence-electron chi connectivity index (χ0n) is 15.9. The quantitative estimate of drug-likeness (QED) is 0.539. The molecule has 0 saturated heterocycles. The molecule has 0 radical (unpaired) electrons. The van der Waals surface area contributed by atoms with Crippen LogP contribution in [0.25, 0.3) is 22.4 Å². The third-order valence-electron chi connectivity index (χ3n) is 5.64. The number of fused-ring (bicyclic) bond motifs is 1. The van der Waals surface area contributed by atoms with Crippen LogP contribution in [0.2, 0.25) is 10.0 Å². The molecule has 1 aromatic heterocycles. The Labute approximate surface area is 175 Å². The van der Waals surface area contributed by atoms with Crippen LogP contribution in [0.4, 0.5) is 0 Å². The number of amides is 1. The molecule has 0 bridgehead atoms. The van der Waals surface area contributed by atoms with Gasteiger partial charge in [0.15, 0.2) is 0 Å². The van der Waals surface area contributed by atoms with E-state index in [-0.39, 0.29) is 12.5 Å². The van der Waals surface area contributed by atoms with Crippen molar-refractivity contribution in [2.45, 2.75) is 44.7 Å². The third-order valence-corrected chi connectivity index (χ3v) is 6.18. The smallest absolute Gasteiger partial charge is 0.242 e. The van der Waals surface area contributed by atoms with Gasteiger partial charge in [-0.3, -0.25) is 4.79 Å². The van der Waals surface area contributed by atoms with Crippen molar-refractivity contribution < 1.29 is 4.79 Å². The Morgan fingerprint density at radius 3 is 2.64 bits per heavy atom. The molecule has 1 heterocycles. The number of hydrogen-bond donors (Lipinski definition) is 0. The first-order chi connectivity index (χ1) is 13.5. The second-order valence-electron chi connectivity index (χ2n) is 7.43. The number of hydrogen-bond acceptors (Lipinski definition) is 2. The molecular formula is C22H23Cl2N3O. The van der Waals surface area contributed by atoms with Crippen LogP contribution in [0.1, 0.15) is 32.1 Å². The average molecular weight is 416 g/mol. The van der Waals surface area contributed by atoms with Crippen LogP contribution in [0.15, 0.2) is 42.5 Å². The minimum atomic E-state index is 0.0985. The van der Waals surface area contributed by atoms with Gasteiger partial charge in [-0.1, -0.05) is 54.6 Å². The number of para-hydroxylation sites is 2. The van der Waals surface area contributed by atoms with Gasteiger partial charge in [-0.15, -0.1) is 0 Å². The summed E-state index contributed by atoms with van der Waals surface area (Å²) in [6, 6.07) is 13.5. The number of likely N-dealkylation sites (N-methyl/N-ethyl adjacent to an activating group) is 1. The van der Waals surface area contributed by atoms with Gasteiger partial charge >= 0.3 is 0 Å². The molecular weight excluding hydrogens is 393 g/mol. The monoisotopic (exact) mass is 415 g/mol. The van der Waals surface area contributed by atoms with Gasteiger partial charge in [-0.05, 0) is 43.2 Å². The summed E-state index contributed by atoms with van der Waals surface area (Å²) in [6.45, 7) is 0.238. The highest BCUT2D eigenvalue weighted by molar-refractivity contribution is 6.36. The van der Waals surface area contributed by atoms with Crippen molar-refractivity contribution in [3.63, 3.8) is 0 Å². The van der Waals surface area contributed by atoms with Gasteiger partial charge < -0.3 is 9.47 Å². The van der Waals surface area contributed by atoms with Crippen molar-refractivity contribution in [2.24, 2.45) is 0 Å². The zero-order chi connectivity index (χ0) is 19.7. The number of nitrogens with zero attached hydrogens (tertiary/aromatic N) is 3. The van der Waals surface area contributed by atoms with Crippen molar-refractivity contribution in [1.29, 1.82) is 0 Å². The Morgan fingerprint density at radius 1 is 1.14 bits per heavy atom. The van der Waals surface area contributed by atoms with Crippen LogP contribution in [0.5, 0.6) is 0 Å². The van der Waals surface area contributed by atoms with Gasteiger partial charge in [0, 0.05) is 23.7 Å². The molecule has 3 aromatic rings. The summed E-state index contributed by atoms with van der Waals surface area (Å²) in [4.78, 5) is 19.8. The number of rotatable bonds is 4. The molecule has 6 heteroatoms. The van der Waals surface area contributed by atoms with E-state index in [0.717, 1.165) is 29.4 Å². The first-order valence-electron chi connectivity index (χ1n) is 9.71. The van der Waals surface area contributed by atoms with E-state index < -0.39 is 0 Å². The van der Waals surface area contributed by atoms with E-state index in [0.29, 0.717) is 21.9 Å². The predicted molar refractivity (Wildman–Crippen MR) is 115 cm³/mol. The SMILES string of the molecule is CN(C(=O)Cn1c(-c2ccc(Cl)cc2Cl)nc2ccccc21)C1CCCCC1. The zero-order valence-corrected chi connectivity index (χ0v) is 17.4. The molecule has 2 aromatic carbocycles. The lowest BCUT2D eigenvalue weighted by molar-refractivity contribution is -0.133. The maximum Gasteiger partial charge on any atom is 0.242 e. The largest absolute Gasteiger partial charge is 0.341 e. The molecule has 146 valence electrons. The molecule has 4 nitrogen and oxygen atoms in total. The molecule has 1 amide bonds. The van der Waals surface area contributed by atoms with Gasteiger partial charge in [-0.25, -0.2) is 4.98 Å². The van der Waals surface area contributed by atoms with Gasteiger partial charge in [0.2, 0.25) is 5.91 Å². The Bertz CT molecular complexity index is 1010. The van der Waals surface area contributed by atoms with E-state index in [4.69, 9.17) is 28.2 Å². The molecule has 0 aliphatic heterocycles. The number of halogens is 2. The van der Waals surface area contributed by atoms with E-state index in [9.17, 15) is 4.79 Å². The van der Waals surface area contributed by atoms with Crippen molar-refractivity contribution in [2.75, 3.05) is 7.05 Å². The summed E-state index contributed by atoms with van der Waals surface area (Å²) in [5, 5.41) is 1.10. The minimum absolute atomic E-state index is 0.0985. The molecule has 1 aliphatic carbocycles. The van der Waals surface area contributed by atoms with Gasteiger partial charge in [0.25, 0.3) is 0 Å². The van der Waals surface area contributed by atoms with E-state index in [2.05, 4.69) is 0 Å². The lowest BCUT2D eigenvalue weighted by Crippen LogP contribution is -2.40. The lowest BCUT2D eigenvalue weighted by Gasteiger charge is -2.31. The summed E-state index contributed by atoms with van der Waals surface area (Å²) in [5.41, 5.74) is 2.54. The molecule has 1 aliphatic rings. The fourth-order valence-electron chi connectivity index (χ4n) is 4.03. The number of carbonyl (C=O) groups excluding carboxylic acids is 1. The van der Waals surface area contributed by atoms with E-state index >= 15 is 0 Å². The van der Waals surface area contributed by atoms with Gasteiger partial charge in [0.05, 0.1) is 16.1 Å². The molecule has 0 unspecified atom stereocenters. The van der Waals surface area contributed by atoms with E-state index in [1.807, 2.05) is 46.8 Å². The first-order valence-corrected chi connectivity index (χ1v) is 10.5. The standard InChI is InChI=1S/C22H23Cl2N3O/c1-26(16-7-3-2-4-8-16)21(28)14-27-20-10-6-5-9-19(20)25-22(27)17-12-11-15(23)13-18(17)24/h5-6,9-13,16H,2-4,7-8,14H2,1H3. The summed E-state index contributed by atoms with van der Waals surface area (Å²) >= 11 is 12.5. The maximum atomic E-state index is 13.1. The molecule has 28 heavy (non-hydrogen) atoms. The number of imidazole rings is 1. The first kappa shape index (κ1) is 19.3. The van der Waals surface area contributed by atoms with Crippen molar-refractivity contribution in [1.82, 2.24) is 14.5 Å². The Kier molecular flexibility index (Phi) is 5.61. The van der Waals surface area contributed by atoms with Crippen LogP contribution in [-0.4, -0.2) is 33.4 Å². The van der Waals surface area contributed by atoms with Gasteiger partial charge in [0.1, 0.15) is 12.4 Å². The highest BCUT2D eigenvalue weighted by Crippen LogP contribution is 2.32. The molecule has 4 rings (SSSR count). The van der Waals surface area contributed by atoms with Crippen molar-refractivity contribution >= 4 is 40.1 Å². The molecule has 1 fully saturated rings. The predicted octanol–water partition coefficient (Wildman–Crippen LogP) is 5.80. The number of aromatic nitrogens is 2. The topological polar surface area (TPSA) is 38.1 Å². The average Bonchev–Trinajstić information content (AvgIpc) is 3.06. The Hall–Kier alpha value is -2.04. The van der Waals surface area contributed by atoms with Crippen LogP contribution < -0.4 is 0 Å². The Morgan fingerprint density at radius 2 is 1.89 bits per heavy atom. The van der Waals surface area contributed by atoms with Crippen LogP contribution in [0, 0.1) is 0 Å². The maximum absolute atomic E-state index is 13.1. The van der Waals surface area contributed by atoms with E-state index in [1.54, 1.807) is 12.1 Å². The highest BCUT2D eigenvalue weighted by atomic mass is 35.5. The molecule has 0 atom stereocenters. The molecule has 1 saturated carbocycles. The highest BCUT2D eigenvalue weighted by Gasteiger charge is 2.24. The third kappa shape index (κ3) is 3.76. The summed E-state index contributed by atoms with van der Waals surface area (Å²) in [5.74, 6) is 0.787. The summed E-state index contributed by atoms with van der Waals surface area (Å²) < 4.78 is 1.96. The van der Waals surface area contributed by atoms with Crippen molar-refractivity contribution in [3.8, 4) is 11.4 Å². The van der Waals surface area contributed by atoms with Gasteiger partial charge in [-0.2, -0.15) is 0 Å². The van der Waals surface area contributed by atoms with Crippen LogP contribution in [-0.2, 0) is 11.3 Å². The van der Waals surface area contributed by atoms with E-state index in [1.165, 1.54) is 19.3 Å². The van der Waals surface area contributed by atoms with Crippen molar-refractivity contribution in [3.05, 3.63) is 52.5 Å². The summed E-state index contributed by atoms with van der Waals surface area (Å²) in [6.07, 6.45) is 5.83. The number of carbonyl (C=O) groups is 1. The lowest BCUT2D eigenvalue weighted by atomic mass is 9.94. The molecule has 0 N–H and O–H groups in total. The Balaban J connectivity index is 1.72. The summed E-state index contributed by atoms with van der Waals surface area (Å²) in [7, 11) is 1.92. The fraction of sp³-hybridized carbons (Fsp3) is 0.364. The fourth-order valence-corrected chi connectivity index (χ4v) is 4.52. The second-order valence-corrected chi connectivity index (χ2v) is 8.27. The number of benzene rings is 2. The minimum Gasteiger partial charge on any atom is -0.341 e. The van der Waals surface area contributed by atoms with Crippen LogP contribution >= 0.6 is 23.2 Å². The molecule has 0 spiro atoms. The van der Waals surface area contributed by atoms with Crippen LogP contribution in [0.3, 0.4) is 0 Å². The second kappa shape index (κ2) is 8.14.